The van der Waals surface area contributed by atoms with Crippen LogP contribution in [0, 0.1) is 0 Å². The number of rotatable bonds is 3. The fourth-order valence-corrected chi connectivity index (χ4v) is 2.21. The van der Waals surface area contributed by atoms with Gasteiger partial charge in [0, 0.05) is 6.20 Å². The normalized spacial score (nSPS) is 25.9. The Balaban J connectivity index is 1.94. The van der Waals surface area contributed by atoms with E-state index in [1.54, 1.807) is 0 Å². The van der Waals surface area contributed by atoms with Crippen molar-refractivity contribution in [3.8, 4) is 0 Å². The van der Waals surface area contributed by atoms with Crippen LogP contribution in [0.2, 0.25) is 0 Å². The first kappa shape index (κ1) is 12.0. The SMILES string of the molecule is CC(Br)c1cn(CC2CCC(C)(C)O2)nn1. The van der Waals surface area contributed by atoms with Crippen molar-refractivity contribution in [2.24, 2.45) is 0 Å². The largest absolute Gasteiger partial charge is 0.370 e. The van der Waals surface area contributed by atoms with Crippen LogP contribution in [0.5, 0.6) is 0 Å². The Kier molecular flexibility index (Phi) is 3.35. The molecule has 0 N–H and O–H groups in total. The molecule has 1 saturated heterocycles. The standard InChI is InChI=1S/C11H18BrN3O/c1-8(12)10-7-15(14-13-10)6-9-4-5-11(2,3)16-9/h7-9H,4-6H2,1-3H3. The van der Waals surface area contributed by atoms with E-state index < -0.39 is 0 Å². The van der Waals surface area contributed by atoms with Crippen molar-refractivity contribution in [1.29, 1.82) is 0 Å². The zero-order valence-electron chi connectivity index (χ0n) is 9.98. The monoisotopic (exact) mass is 287 g/mol. The van der Waals surface area contributed by atoms with E-state index in [2.05, 4.69) is 40.1 Å². The van der Waals surface area contributed by atoms with Gasteiger partial charge in [0.25, 0.3) is 0 Å². The van der Waals surface area contributed by atoms with E-state index in [1.807, 2.05) is 17.8 Å². The molecule has 1 aromatic heterocycles. The molecule has 2 rings (SSSR count). The van der Waals surface area contributed by atoms with Crippen molar-refractivity contribution in [1.82, 2.24) is 15.0 Å². The van der Waals surface area contributed by atoms with Gasteiger partial charge in [-0.25, -0.2) is 4.68 Å². The summed E-state index contributed by atoms with van der Waals surface area (Å²) in [6.45, 7) is 7.13. The van der Waals surface area contributed by atoms with E-state index >= 15 is 0 Å². The summed E-state index contributed by atoms with van der Waals surface area (Å²) in [5.41, 5.74) is 0.994. The maximum absolute atomic E-state index is 5.92. The van der Waals surface area contributed by atoms with Gasteiger partial charge >= 0.3 is 0 Å². The first-order valence-electron chi connectivity index (χ1n) is 5.68. The molecule has 1 aliphatic heterocycles. The predicted molar refractivity (Wildman–Crippen MR) is 65.6 cm³/mol. The summed E-state index contributed by atoms with van der Waals surface area (Å²) >= 11 is 3.48. The highest BCUT2D eigenvalue weighted by molar-refractivity contribution is 9.09. The molecule has 0 radical (unpaired) electrons. The Hall–Kier alpha value is -0.420. The maximum atomic E-state index is 5.92. The van der Waals surface area contributed by atoms with E-state index in [9.17, 15) is 0 Å². The van der Waals surface area contributed by atoms with E-state index in [1.165, 1.54) is 0 Å². The highest BCUT2D eigenvalue weighted by Gasteiger charge is 2.31. The average molecular weight is 288 g/mol. The van der Waals surface area contributed by atoms with Crippen molar-refractivity contribution in [3.05, 3.63) is 11.9 Å². The minimum absolute atomic E-state index is 0.0246. The first-order valence-corrected chi connectivity index (χ1v) is 6.60. The summed E-state index contributed by atoms with van der Waals surface area (Å²) in [5.74, 6) is 0. The summed E-state index contributed by atoms with van der Waals surface area (Å²) in [4.78, 5) is 0.252. The molecular weight excluding hydrogens is 270 g/mol. The molecule has 1 aliphatic rings. The molecule has 1 aromatic rings. The van der Waals surface area contributed by atoms with E-state index in [-0.39, 0.29) is 16.5 Å². The van der Waals surface area contributed by atoms with Crippen molar-refractivity contribution < 1.29 is 4.74 Å². The number of aromatic nitrogens is 3. The summed E-state index contributed by atoms with van der Waals surface area (Å²) in [5, 5.41) is 8.21. The number of hydrogen-bond donors (Lipinski definition) is 0. The molecule has 16 heavy (non-hydrogen) atoms. The van der Waals surface area contributed by atoms with Gasteiger partial charge in [-0.3, -0.25) is 0 Å². The van der Waals surface area contributed by atoms with Gasteiger partial charge in [-0.1, -0.05) is 21.1 Å². The molecule has 90 valence electrons. The number of alkyl halides is 1. The lowest BCUT2D eigenvalue weighted by Gasteiger charge is -2.18. The van der Waals surface area contributed by atoms with Crippen LogP contribution in [0.4, 0.5) is 0 Å². The second-order valence-electron chi connectivity index (χ2n) is 5.02. The zero-order chi connectivity index (χ0) is 11.8. The molecule has 0 aromatic carbocycles. The Morgan fingerprint density at radius 1 is 1.69 bits per heavy atom. The fraction of sp³-hybridized carbons (Fsp3) is 0.818. The summed E-state index contributed by atoms with van der Waals surface area (Å²) < 4.78 is 7.80. The van der Waals surface area contributed by atoms with Gasteiger partial charge in [-0.05, 0) is 33.6 Å². The molecule has 0 aliphatic carbocycles. The van der Waals surface area contributed by atoms with Crippen molar-refractivity contribution >= 4 is 15.9 Å². The number of hydrogen-bond acceptors (Lipinski definition) is 3. The second kappa shape index (κ2) is 4.45. The third kappa shape index (κ3) is 2.83. The van der Waals surface area contributed by atoms with Gasteiger partial charge in [0.15, 0.2) is 0 Å². The van der Waals surface area contributed by atoms with Crippen LogP contribution >= 0.6 is 15.9 Å². The molecular formula is C11H18BrN3O. The molecule has 0 bridgehead atoms. The molecule has 1 fully saturated rings. The summed E-state index contributed by atoms with van der Waals surface area (Å²) in [6, 6.07) is 0. The highest BCUT2D eigenvalue weighted by Crippen LogP contribution is 2.30. The van der Waals surface area contributed by atoms with Crippen LogP contribution in [-0.4, -0.2) is 26.7 Å². The molecule has 2 unspecified atom stereocenters. The fourth-order valence-electron chi connectivity index (χ4n) is 2.00. The van der Waals surface area contributed by atoms with Crippen LogP contribution in [0.15, 0.2) is 6.20 Å². The Morgan fingerprint density at radius 3 is 2.94 bits per heavy atom. The first-order chi connectivity index (χ1) is 7.46. The van der Waals surface area contributed by atoms with Gasteiger partial charge in [-0.2, -0.15) is 0 Å². The van der Waals surface area contributed by atoms with Gasteiger partial charge in [-0.15, -0.1) is 5.10 Å². The Labute approximate surface area is 104 Å². The number of ether oxygens (including phenoxy) is 1. The zero-order valence-corrected chi connectivity index (χ0v) is 11.6. The van der Waals surface area contributed by atoms with E-state index in [0.29, 0.717) is 0 Å². The van der Waals surface area contributed by atoms with Gasteiger partial charge in [0.05, 0.1) is 28.8 Å². The predicted octanol–water partition coefficient (Wildman–Crippen LogP) is 2.69. The lowest BCUT2D eigenvalue weighted by Crippen LogP contribution is -2.23. The molecule has 0 amide bonds. The molecule has 0 saturated carbocycles. The van der Waals surface area contributed by atoms with E-state index in [4.69, 9.17) is 4.74 Å². The third-order valence-corrected chi connectivity index (χ3v) is 3.38. The third-order valence-electron chi connectivity index (χ3n) is 2.91. The van der Waals surface area contributed by atoms with Crippen molar-refractivity contribution in [2.75, 3.05) is 0 Å². The Morgan fingerprint density at radius 2 is 2.44 bits per heavy atom. The van der Waals surface area contributed by atoms with Crippen LogP contribution in [-0.2, 0) is 11.3 Å². The van der Waals surface area contributed by atoms with Crippen LogP contribution in [0.1, 0.15) is 44.1 Å². The lowest BCUT2D eigenvalue weighted by molar-refractivity contribution is -0.0231. The minimum atomic E-state index is 0.0246. The Bertz CT molecular complexity index is 362. The highest BCUT2D eigenvalue weighted by atomic mass is 79.9. The maximum Gasteiger partial charge on any atom is 0.0960 e. The molecule has 2 atom stereocenters. The van der Waals surface area contributed by atoms with Crippen molar-refractivity contribution in [2.45, 2.75) is 56.7 Å². The smallest absolute Gasteiger partial charge is 0.0960 e. The van der Waals surface area contributed by atoms with Crippen LogP contribution < -0.4 is 0 Å². The van der Waals surface area contributed by atoms with Gasteiger partial charge in [0.1, 0.15) is 0 Å². The van der Waals surface area contributed by atoms with Crippen LogP contribution in [0.3, 0.4) is 0 Å². The van der Waals surface area contributed by atoms with Gasteiger partial charge < -0.3 is 4.74 Å². The topological polar surface area (TPSA) is 39.9 Å². The minimum Gasteiger partial charge on any atom is -0.370 e. The molecule has 5 heteroatoms. The number of halogens is 1. The molecule has 4 nitrogen and oxygen atoms in total. The van der Waals surface area contributed by atoms with Crippen LogP contribution in [0.25, 0.3) is 0 Å². The summed E-state index contributed by atoms with van der Waals surface area (Å²) in [6.07, 6.45) is 4.48. The second-order valence-corrected chi connectivity index (χ2v) is 6.39. The van der Waals surface area contributed by atoms with E-state index in [0.717, 1.165) is 25.1 Å². The molecule has 2 heterocycles. The quantitative estimate of drug-likeness (QED) is 0.803. The van der Waals surface area contributed by atoms with Crippen molar-refractivity contribution in [3.63, 3.8) is 0 Å². The van der Waals surface area contributed by atoms with Gasteiger partial charge in [0.2, 0.25) is 0 Å². The summed E-state index contributed by atoms with van der Waals surface area (Å²) in [7, 11) is 0. The number of nitrogens with zero attached hydrogens (tertiary/aromatic N) is 3. The molecule has 0 spiro atoms. The average Bonchev–Trinajstić information content (AvgIpc) is 2.73. The lowest BCUT2D eigenvalue weighted by atomic mass is 10.1.